The number of nitrogens with one attached hydrogen (secondary N) is 3. The number of hydrogen-bond donors (Lipinski definition) is 9. The molecule has 0 saturated carbocycles. The van der Waals surface area contributed by atoms with Gasteiger partial charge >= 0.3 is 0 Å². The van der Waals surface area contributed by atoms with Crippen LogP contribution in [0.4, 0.5) is 25.8 Å². The van der Waals surface area contributed by atoms with Crippen molar-refractivity contribution < 1.29 is 40.6 Å². The number of nitrogens with zero attached hydrogens (tertiary/aromatic N) is 19. The minimum absolute atomic E-state index is 0.0197. The fourth-order valence-electron chi connectivity index (χ4n) is 15.7. The molecule has 15 N–H and O–H groups in total. The summed E-state index contributed by atoms with van der Waals surface area (Å²) in [6.07, 6.45) is 35.8. The van der Waals surface area contributed by atoms with Crippen LogP contribution >= 0.6 is 34.3 Å². The number of aryl methyl sites for hydroxylation is 6. The van der Waals surface area contributed by atoms with Crippen LogP contribution in [0.15, 0.2) is 360 Å². The summed E-state index contributed by atoms with van der Waals surface area (Å²) in [4.78, 5) is 30.4. The van der Waals surface area contributed by atoms with Crippen molar-refractivity contribution in [3.8, 4) is 0 Å². The van der Waals surface area contributed by atoms with Crippen LogP contribution in [0.2, 0.25) is 5.02 Å². The average molecular weight is 1900 g/mol. The largest absolute Gasteiger partial charge is 0.467 e. The number of pyridine rings is 9. The summed E-state index contributed by atoms with van der Waals surface area (Å²) >= 11 is 9.57. The minimum atomic E-state index is -0.419. The smallest absolute Gasteiger partial charge is 0.230 e. The highest BCUT2D eigenvalue weighted by Crippen LogP contribution is 2.29. The van der Waals surface area contributed by atoms with E-state index in [0.29, 0.717) is 81.9 Å². The van der Waals surface area contributed by atoms with E-state index in [-0.39, 0.29) is 35.0 Å². The Morgan fingerprint density at radius 1 is 0.370 bits per heavy atom. The number of nitrogen functional groups attached to an aromatic ring is 3. The Morgan fingerprint density at radius 2 is 0.746 bits per heavy atom. The second-order valence-corrected chi connectivity index (χ2v) is 34.8. The number of nitrogens with two attached hydrogens (primary N) is 6. The summed E-state index contributed by atoms with van der Waals surface area (Å²) in [5, 5.41) is 27.2. The summed E-state index contributed by atoms with van der Waals surface area (Å²) in [6.45, 7) is 3.72. The third-order valence-corrected chi connectivity index (χ3v) is 25.2. The van der Waals surface area contributed by atoms with Crippen LogP contribution in [0.3, 0.4) is 0 Å². The van der Waals surface area contributed by atoms with Crippen molar-refractivity contribution in [2.45, 2.75) is 39.3 Å². The van der Waals surface area contributed by atoms with Crippen molar-refractivity contribution in [1.29, 1.82) is 16.2 Å². The summed E-state index contributed by atoms with van der Waals surface area (Å²) in [5.41, 5.74) is 56.5. The third kappa shape index (κ3) is 22.5. The van der Waals surface area contributed by atoms with Crippen LogP contribution < -0.4 is 61.8 Å². The number of aliphatic imine (C=N–C) groups is 3. The fraction of sp³-hybridized carbons (Fsp3) is 0.115. The summed E-state index contributed by atoms with van der Waals surface area (Å²) in [5.74, 6) is 1.20. The first-order valence-electron chi connectivity index (χ1n) is 43.6. The molecule has 29 nitrogen and oxygen atoms in total. The highest BCUT2D eigenvalue weighted by Gasteiger charge is 2.21. The van der Waals surface area contributed by atoms with E-state index in [0.717, 1.165) is 68.3 Å². The summed E-state index contributed by atoms with van der Waals surface area (Å²) in [6, 6.07) is 67.6. The number of fused-ring (bicyclic) bond motifs is 6. The van der Waals surface area contributed by atoms with Gasteiger partial charge in [0.15, 0.2) is 37.2 Å². The van der Waals surface area contributed by atoms with Crippen LogP contribution in [0.5, 0.6) is 0 Å². The molecule has 0 aliphatic rings. The van der Waals surface area contributed by atoms with Crippen LogP contribution in [0.25, 0.3) is 66.2 Å². The maximum absolute atomic E-state index is 14.9. The Bertz CT molecular complexity index is 7730. The molecule has 34 heteroatoms. The SMILES string of the molecule is C[n+]1cccc2c1ccn2Cc1c(F)cc(C(N)=Nc2ccncc2)cc1Cl.C[n+]1cccc2c1ccn2Cc1cc(C(=N)N)co1.C[n+]1cccc2c1ccn2Cc1cc(C(=N)N)cs1.C[n+]1cccc2c1ccn2Cc1ccc(C(N)=Nc2ccncc2)cc1.C[n+]1cccc2c1ccn2Cc1ccc(C(N)=Nc2ccncc2)cc1F.C[n+]1cccc2c1ccn2Cc1nc(C(=N)N)cs1. The molecule has 0 saturated heterocycles. The van der Waals surface area contributed by atoms with Gasteiger partial charge in [0, 0.05) is 208 Å². The topological polar surface area (TPSA) is 382 Å². The van der Waals surface area contributed by atoms with E-state index < -0.39 is 5.82 Å². The fourth-order valence-corrected chi connectivity index (χ4v) is 17.7. The molecule has 0 spiro atoms. The van der Waals surface area contributed by atoms with Gasteiger partial charge in [-0.1, -0.05) is 48.0 Å². The molecule has 21 rings (SSSR count). The Kier molecular flexibility index (Phi) is 29.2. The zero-order chi connectivity index (χ0) is 96.6. The van der Waals surface area contributed by atoms with Crippen LogP contribution in [0, 0.1) is 27.9 Å². The van der Waals surface area contributed by atoms with E-state index in [9.17, 15) is 8.78 Å². The number of furan rings is 1. The second-order valence-electron chi connectivity index (χ2n) is 32.5. The first-order valence-corrected chi connectivity index (χ1v) is 45.8. The number of benzene rings is 3. The standard InChI is InChI=1S/C21H18ClFN5.C21H19FN5.C21H20N5.C14H15N4O.C14H15N4S.C13H14N5S/c1-27-9-2-3-20-19(27)6-10-28(20)13-16-17(22)11-14(12-18(16)23)21(24)26-15-4-7-25-8-5-15;1-26-11-2-3-20-19(26)8-12-27(20)14-16-5-4-15(13-18(16)22)21(23)25-17-6-9-24-10-7-17;1-25-13-2-3-20-19(25)10-14-26(20)15-16-4-6-17(7-5-16)21(22)24-18-8-11-23-12-9-18;2*1-17-5-2-3-13-12(17)4-6-18(13)8-11-7-10(9-19-11)14(15)16;1-17-5-2-3-11-10(17)4-6-18(11)7-12-16-9(8-19-12)13(14)15/h2-12H,13H2,1H3,(H2,24,25,26);2-13H,14H2,1H3,(H2,23,24,25);2-14H,15H2,1H3,(H2,22,23,24);2*2-7,9H,8H2,1H3,(H3,15,16);2-6,8H,7H2,1H3,(H3,14,15)/q6*+1. The maximum atomic E-state index is 14.9. The van der Waals surface area contributed by atoms with Gasteiger partial charge in [0.2, 0.25) is 33.1 Å². The van der Waals surface area contributed by atoms with E-state index >= 15 is 0 Å². The molecular formula is C104H101ClF2N28OS2+6. The van der Waals surface area contributed by atoms with Crippen LogP contribution in [0.1, 0.15) is 65.8 Å². The van der Waals surface area contributed by atoms with E-state index in [1.807, 2.05) is 199 Å². The van der Waals surface area contributed by atoms with Gasteiger partial charge in [-0.15, -0.1) is 22.7 Å². The lowest BCUT2D eigenvalue weighted by Gasteiger charge is -2.11. The molecule has 0 aliphatic heterocycles. The molecule has 0 aliphatic carbocycles. The van der Waals surface area contributed by atoms with Gasteiger partial charge in [-0.3, -0.25) is 31.2 Å². The molecule has 0 unspecified atom stereocenters. The molecule has 0 amide bonds. The van der Waals surface area contributed by atoms with Gasteiger partial charge in [-0.05, 0) is 109 Å². The molecule has 18 heterocycles. The minimum Gasteiger partial charge on any atom is -0.467 e. The molecule has 21 aromatic rings. The van der Waals surface area contributed by atoms with E-state index in [2.05, 4.69) is 170 Å². The van der Waals surface area contributed by atoms with Gasteiger partial charge in [-0.25, -0.2) is 28.7 Å². The van der Waals surface area contributed by atoms with Crippen molar-refractivity contribution in [3.05, 3.63) is 423 Å². The predicted octanol–water partition coefficient (Wildman–Crippen LogP) is 14.3. The normalized spacial score (nSPS) is 11.5. The zero-order valence-corrected chi connectivity index (χ0v) is 78.8. The lowest BCUT2D eigenvalue weighted by atomic mass is 10.1. The number of rotatable bonds is 21. The van der Waals surface area contributed by atoms with E-state index in [1.165, 1.54) is 78.8 Å². The van der Waals surface area contributed by atoms with E-state index in [1.54, 1.807) is 97.0 Å². The van der Waals surface area contributed by atoms with Crippen molar-refractivity contribution >= 4 is 153 Å². The molecule has 138 heavy (non-hydrogen) atoms. The van der Waals surface area contributed by atoms with E-state index in [4.69, 9.17) is 66.6 Å². The quantitative estimate of drug-likeness (QED) is 0.0185. The van der Waals surface area contributed by atoms with Gasteiger partial charge in [0.1, 0.15) is 145 Å². The van der Waals surface area contributed by atoms with Gasteiger partial charge in [0.05, 0.1) is 55.3 Å². The van der Waals surface area contributed by atoms with Crippen LogP contribution in [-0.4, -0.2) is 82.4 Å². The Morgan fingerprint density at radius 3 is 1.14 bits per heavy atom. The zero-order valence-electron chi connectivity index (χ0n) is 76.4. The van der Waals surface area contributed by atoms with Crippen LogP contribution in [-0.2, 0) is 81.6 Å². The van der Waals surface area contributed by atoms with Gasteiger partial charge in [-0.2, -0.15) is 27.4 Å². The maximum Gasteiger partial charge on any atom is 0.230 e. The predicted molar refractivity (Wildman–Crippen MR) is 540 cm³/mol. The number of thiazole rings is 1. The molecular weight excluding hydrogens is 1790 g/mol. The van der Waals surface area contributed by atoms with Gasteiger partial charge < -0.3 is 66.2 Å². The molecule has 3 aromatic carbocycles. The Balaban J connectivity index is 0.000000121. The lowest BCUT2D eigenvalue weighted by Crippen LogP contribution is -2.27. The first kappa shape index (κ1) is 94.0. The number of amidine groups is 6. The molecule has 0 bridgehead atoms. The third-order valence-electron chi connectivity index (χ3n) is 23.1. The number of halogens is 3. The van der Waals surface area contributed by atoms with Crippen molar-refractivity contribution in [1.82, 2.24) is 47.3 Å². The average Bonchev–Trinajstić information content (AvgIpc) is 1.76. The number of hydrogen-bond acceptors (Lipinski definition) is 13. The lowest BCUT2D eigenvalue weighted by molar-refractivity contribution is -0.645. The molecule has 0 fully saturated rings. The van der Waals surface area contributed by atoms with Crippen molar-refractivity contribution in [2.75, 3.05) is 0 Å². The summed E-state index contributed by atoms with van der Waals surface area (Å²) in [7, 11) is 12.1. The molecule has 0 radical (unpaired) electrons. The first-order chi connectivity index (χ1) is 66.8. The van der Waals surface area contributed by atoms with Crippen molar-refractivity contribution in [2.24, 2.45) is 91.7 Å². The highest BCUT2D eigenvalue weighted by atomic mass is 35.5. The molecule has 18 aromatic heterocycles. The Labute approximate surface area is 805 Å². The molecule has 0 atom stereocenters. The van der Waals surface area contributed by atoms with Crippen molar-refractivity contribution in [3.63, 3.8) is 0 Å². The summed E-state index contributed by atoms with van der Waals surface area (Å²) < 4.78 is 60.2. The number of aromatic nitrogens is 16. The number of thiophene rings is 1. The monoisotopic (exact) mass is 1890 g/mol. The Hall–Kier alpha value is -17.2. The highest BCUT2D eigenvalue weighted by molar-refractivity contribution is 7.10. The second kappa shape index (κ2) is 42.8. The van der Waals surface area contributed by atoms with Gasteiger partial charge in [0.25, 0.3) is 0 Å². The molecule has 690 valence electrons.